The maximum Gasteiger partial charge on any atom is 0.350 e. The maximum atomic E-state index is 13.5. The van der Waals surface area contributed by atoms with Crippen LogP contribution in [0.15, 0.2) is 23.9 Å². The SMILES string of the molecule is COc1c(NC=C2C(=O)OC(C)(C)OC2=O)ccc(F)c1F. The van der Waals surface area contributed by atoms with E-state index in [-0.39, 0.29) is 5.69 Å². The molecule has 1 aromatic carbocycles. The van der Waals surface area contributed by atoms with Crippen molar-refractivity contribution in [2.45, 2.75) is 19.6 Å². The first-order valence-corrected chi connectivity index (χ1v) is 6.20. The molecule has 1 fully saturated rings. The van der Waals surface area contributed by atoms with Crippen molar-refractivity contribution in [3.63, 3.8) is 0 Å². The number of methoxy groups -OCH3 is 1. The van der Waals surface area contributed by atoms with E-state index < -0.39 is 40.7 Å². The number of benzene rings is 1. The van der Waals surface area contributed by atoms with Gasteiger partial charge in [-0.3, -0.25) is 0 Å². The fourth-order valence-corrected chi connectivity index (χ4v) is 1.77. The number of hydrogen-bond acceptors (Lipinski definition) is 6. The summed E-state index contributed by atoms with van der Waals surface area (Å²) >= 11 is 0. The first kappa shape index (κ1) is 15.7. The zero-order valence-electron chi connectivity index (χ0n) is 12.0. The first-order chi connectivity index (χ1) is 10.2. The van der Waals surface area contributed by atoms with Crippen LogP contribution in [0.3, 0.4) is 0 Å². The Kier molecular flexibility index (Phi) is 4.03. The smallest absolute Gasteiger partial charge is 0.350 e. The van der Waals surface area contributed by atoms with E-state index in [9.17, 15) is 18.4 Å². The van der Waals surface area contributed by atoms with Crippen molar-refractivity contribution in [2.75, 3.05) is 12.4 Å². The highest BCUT2D eigenvalue weighted by atomic mass is 19.2. The highest BCUT2D eigenvalue weighted by Gasteiger charge is 2.39. The fourth-order valence-electron chi connectivity index (χ4n) is 1.77. The molecule has 0 aliphatic carbocycles. The van der Waals surface area contributed by atoms with Crippen LogP contribution in [0, 0.1) is 11.6 Å². The monoisotopic (exact) mass is 313 g/mol. The number of carbonyl (C=O) groups excluding carboxylic acids is 2. The van der Waals surface area contributed by atoms with Gasteiger partial charge < -0.3 is 19.5 Å². The van der Waals surface area contributed by atoms with Crippen LogP contribution in [0.2, 0.25) is 0 Å². The lowest BCUT2D eigenvalue weighted by molar-refractivity contribution is -0.222. The number of anilines is 1. The van der Waals surface area contributed by atoms with E-state index in [1.54, 1.807) is 0 Å². The molecule has 6 nitrogen and oxygen atoms in total. The minimum atomic E-state index is -1.36. The molecule has 0 saturated carbocycles. The van der Waals surface area contributed by atoms with Gasteiger partial charge in [0.1, 0.15) is 0 Å². The predicted octanol–water partition coefficient (Wildman–Crippen LogP) is 2.11. The van der Waals surface area contributed by atoms with Crippen molar-refractivity contribution in [2.24, 2.45) is 0 Å². The number of hydrogen-bond donors (Lipinski definition) is 1. The van der Waals surface area contributed by atoms with Gasteiger partial charge in [0.2, 0.25) is 5.82 Å². The summed E-state index contributed by atoms with van der Waals surface area (Å²) in [5, 5.41) is 2.49. The molecule has 1 saturated heterocycles. The Hall–Kier alpha value is -2.64. The van der Waals surface area contributed by atoms with Gasteiger partial charge in [0, 0.05) is 20.0 Å². The Balaban J connectivity index is 2.27. The van der Waals surface area contributed by atoms with Crippen LogP contribution in [0.4, 0.5) is 14.5 Å². The van der Waals surface area contributed by atoms with E-state index in [0.717, 1.165) is 19.4 Å². The second-order valence-electron chi connectivity index (χ2n) is 4.82. The van der Waals surface area contributed by atoms with Gasteiger partial charge >= 0.3 is 11.9 Å². The van der Waals surface area contributed by atoms with Crippen molar-refractivity contribution in [3.05, 3.63) is 35.5 Å². The lowest BCUT2D eigenvalue weighted by Gasteiger charge is -2.29. The van der Waals surface area contributed by atoms with Crippen LogP contribution in [0.5, 0.6) is 5.75 Å². The number of nitrogens with one attached hydrogen (secondary N) is 1. The molecule has 0 bridgehead atoms. The standard InChI is InChI=1S/C14H13F2NO5/c1-14(2)21-12(18)7(13(19)22-14)6-17-9-5-4-8(15)10(16)11(9)20-3/h4-6,17H,1-3H3. The van der Waals surface area contributed by atoms with Gasteiger partial charge in [-0.1, -0.05) is 0 Å². The Morgan fingerprint density at radius 3 is 2.32 bits per heavy atom. The Bertz CT molecular complexity index is 647. The van der Waals surface area contributed by atoms with E-state index in [2.05, 4.69) is 5.32 Å². The zero-order chi connectivity index (χ0) is 16.5. The van der Waals surface area contributed by atoms with Crippen molar-refractivity contribution >= 4 is 17.6 Å². The molecular formula is C14H13F2NO5. The number of ether oxygens (including phenoxy) is 3. The third kappa shape index (κ3) is 3.00. The molecule has 0 radical (unpaired) electrons. The highest BCUT2D eigenvalue weighted by Crippen LogP contribution is 2.30. The fraction of sp³-hybridized carbons (Fsp3) is 0.286. The van der Waals surface area contributed by atoms with Gasteiger partial charge in [-0.25, -0.2) is 14.0 Å². The van der Waals surface area contributed by atoms with Gasteiger partial charge in [-0.15, -0.1) is 0 Å². The summed E-state index contributed by atoms with van der Waals surface area (Å²) in [5.74, 6) is -5.82. The van der Waals surface area contributed by atoms with E-state index in [1.165, 1.54) is 19.9 Å². The Morgan fingerprint density at radius 2 is 1.77 bits per heavy atom. The molecule has 8 heteroatoms. The molecule has 0 atom stereocenters. The topological polar surface area (TPSA) is 73.9 Å². The lowest BCUT2D eigenvalue weighted by atomic mass is 10.2. The minimum absolute atomic E-state index is 0.0272. The zero-order valence-corrected chi connectivity index (χ0v) is 12.0. The molecule has 22 heavy (non-hydrogen) atoms. The summed E-state index contributed by atoms with van der Waals surface area (Å²) in [6.45, 7) is 2.82. The molecule has 0 spiro atoms. The van der Waals surface area contributed by atoms with Gasteiger partial charge in [0.15, 0.2) is 17.1 Å². The van der Waals surface area contributed by atoms with Crippen molar-refractivity contribution < 1.29 is 32.6 Å². The van der Waals surface area contributed by atoms with Crippen molar-refractivity contribution in [1.82, 2.24) is 0 Å². The molecule has 118 valence electrons. The molecule has 1 N–H and O–H groups in total. The quantitative estimate of drug-likeness (QED) is 0.523. The summed E-state index contributed by atoms with van der Waals surface area (Å²) in [6.07, 6.45) is 0.981. The second-order valence-corrected chi connectivity index (χ2v) is 4.82. The van der Waals surface area contributed by atoms with E-state index in [1.807, 2.05) is 0 Å². The molecule has 0 unspecified atom stereocenters. The third-order valence-electron chi connectivity index (χ3n) is 2.74. The highest BCUT2D eigenvalue weighted by molar-refractivity contribution is 6.15. The van der Waals surface area contributed by atoms with E-state index >= 15 is 0 Å². The minimum Gasteiger partial charge on any atom is -0.491 e. The summed E-state index contributed by atoms with van der Waals surface area (Å²) in [7, 11) is 1.15. The van der Waals surface area contributed by atoms with Gasteiger partial charge in [0.05, 0.1) is 12.8 Å². The largest absolute Gasteiger partial charge is 0.491 e. The first-order valence-electron chi connectivity index (χ1n) is 6.20. The number of halogens is 2. The molecule has 2 rings (SSSR count). The molecular weight excluding hydrogens is 300 g/mol. The van der Waals surface area contributed by atoms with Gasteiger partial charge in [0.25, 0.3) is 5.79 Å². The van der Waals surface area contributed by atoms with Crippen LogP contribution in [-0.4, -0.2) is 24.8 Å². The summed E-state index contributed by atoms with van der Waals surface area (Å²) in [5.41, 5.74) is -0.384. The van der Waals surface area contributed by atoms with Crippen molar-refractivity contribution in [3.8, 4) is 5.75 Å². The average Bonchev–Trinajstić information content (AvgIpc) is 2.40. The van der Waals surface area contributed by atoms with Crippen LogP contribution >= 0.6 is 0 Å². The molecule has 1 aliphatic heterocycles. The molecule has 1 aromatic rings. The molecule has 0 aromatic heterocycles. The number of rotatable bonds is 3. The predicted molar refractivity (Wildman–Crippen MR) is 70.9 cm³/mol. The van der Waals surface area contributed by atoms with E-state index in [4.69, 9.17) is 14.2 Å². The van der Waals surface area contributed by atoms with Gasteiger partial charge in [-0.2, -0.15) is 4.39 Å². The van der Waals surface area contributed by atoms with Crippen LogP contribution in [0.25, 0.3) is 0 Å². The number of cyclic esters (lactones) is 2. The average molecular weight is 313 g/mol. The Labute approximate surface area is 124 Å². The van der Waals surface area contributed by atoms with E-state index in [0.29, 0.717) is 0 Å². The molecule has 1 heterocycles. The Morgan fingerprint density at radius 1 is 1.18 bits per heavy atom. The maximum absolute atomic E-state index is 13.5. The number of carbonyl (C=O) groups is 2. The molecule has 0 amide bonds. The third-order valence-corrected chi connectivity index (χ3v) is 2.74. The van der Waals surface area contributed by atoms with Crippen LogP contribution < -0.4 is 10.1 Å². The summed E-state index contributed by atoms with van der Waals surface area (Å²) in [6, 6.07) is 2.07. The van der Waals surface area contributed by atoms with Crippen molar-refractivity contribution in [1.29, 1.82) is 0 Å². The summed E-state index contributed by atoms with van der Waals surface area (Å²) < 4.78 is 41.2. The normalized spacial score (nSPS) is 16.7. The van der Waals surface area contributed by atoms with Crippen LogP contribution in [0.1, 0.15) is 13.8 Å². The number of esters is 2. The van der Waals surface area contributed by atoms with Crippen LogP contribution in [-0.2, 0) is 19.1 Å². The second kappa shape index (κ2) is 5.63. The lowest BCUT2D eigenvalue weighted by Crippen LogP contribution is -2.42. The van der Waals surface area contributed by atoms with Gasteiger partial charge in [-0.05, 0) is 12.1 Å². The summed E-state index contributed by atoms with van der Waals surface area (Å²) in [4.78, 5) is 23.4. The molecule has 1 aliphatic rings.